The minimum Gasteiger partial charge on any atom is -0.478 e. The first-order valence-electron chi connectivity index (χ1n) is 12.7. The molecule has 1 saturated heterocycles. The maximum Gasteiger partial charge on any atom is 0.407 e. The molecule has 2 fully saturated rings. The van der Waals surface area contributed by atoms with Crippen LogP contribution in [-0.2, 0) is 23.8 Å². The Morgan fingerprint density at radius 3 is 2.51 bits per heavy atom. The smallest absolute Gasteiger partial charge is 0.407 e. The molecule has 10 heteroatoms. The molecule has 3 rings (SSSR count). The van der Waals surface area contributed by atoms with Gasteiger partial charge in [-0.15, -0.1) is 0 Å². The van der Waals surface area contributed by atoms with Gasteiger partial charge >= 0.3 is 12.1 Å². The Morgan fingerprint density at radius 2 is 1.89 bits per heavy atom. The lowest BCUT2D eigenvalue weighted by atomic mass is 9.84. The monoisotopic (exact) mass is 495 g/mol. The SMILES string of the molecule is CC(=O)N[C@@H]1[C@@H](NC(=O)OC(C)(C)C)CC(C(=O)O)=C[C@H]1N1CCC[C@H](OCCOCC2CC2)C1. The summed E-state index contributed by atoms with van der Waals surface area (Å²) in [6.45, 7) is 9.92. The number of carbonyl (C=O) groups is 3. The number of carbonyl (C=O) groups excluding carboxylic acids is 2. The molecule has 0 aromatic heterocycles. The number of likely N-dealkylation sites (tertiary alicyclic amines) is 1. The van der Waals surface area contributed by atoms with Crippen molar-refractivity contribution in [2.24, 2.45) is 5.92 Å². The molecule has 3 aliphatic rings. The van der Waals surface area contributed by atoms with E-state index in [1.54, 1.807) is 26.8 Å². The van der Waals surface area contributed by atoms with Crippen molar-refractivity contribution in [3.63, 3.8) is 0 Å². The van der Waals surface area contributed by atoms with Gasteiger partial charge in [-0.3, -0.25) is 9.69 Å². The number of nitrogens with one attached hydrogen (secondary N) is 2. The van der Waals surface area contributed by atoms with Gasteiger partial charge in [0.15, 0.2) is 0 Å². The normalized spacial score (nSPS) is 27.6. The Labute approximate surface area is 207 Å². The van der Waals surface area contributed by atoms with Crippen molar-refractivity contribution >= 4 is 18.0 Å². The van der Waals surface area contributed by atoms with Gasteiger partial charge in [0.25, 0.3) is 0 Å². The van der Waals surface area contributed by atoms with E-state index in [0.29, 0.717) is 19.8 Å². The van der Waals surface area contributed by atoms with E-state index < -0.39 is 35.8 Å². The molecule has 3 N–H and O–H groups in total. The van der Waals surface area contributed by atoms with Crippen LogP contribution in [0.5, 0.6) is 0 Å². The zero-order chi connectivity index (χ0) is 25.6. The summed E-state index contributed by atoms with van der Waals surface area (Å²) in [6.07, 6.45) is 5.44. The lowest BCUT2D eigenvalue weighted by Gasteiger charge is -2.45. The van der Waals surface area contributed by atoms with Crippen molar-refractivity contribution in [1.82, 2.24) is 15.5 Å². The Balaban J connectivity index is 1.69. The number of carboxylic acid groups (broad SMARTS) is 1. The van der Waals surface area contributed by atoms with Gasteiger partial charge in [0.05, 0.1) is 37.4 Å². The minimum atomic E-state index is -1.04. The van der Waals surface area contributed by atoms with E-state index in [1.165, 1.54) is 19.8 Å². The third-order valence-corrected chi connectivity index (χ3v) is 6.42. The van der Waals surface area contributed by atoms with Crippen LogP contribution in [0.15, 0.2) is 11.6 Å². The largest absolute Gasteiger partial charge is 0.478 e. The summed E-state index contributed by atoms with van der Waals surface area (Å²) in [7, 11) is 0. The Hall–Kier alpha value is -2.17. The molecule has 35 heavy (non-hydrogen) atoms. The number of aliphatic carboxylic acids is 1. The van der Waals surface area contributed by atoms with Crippen molar-refractivity contribution in [1.29, 1.82) is 0 Å². The third-order valence-electron chi connectivity index (χ3n) is 6.42. The van der Waals surface area contributed by atoms with Gasteiger partial charge in [0, 0.05) is 32.1 Å². The highest BCUT2D eigenvalue weighted by Crippen LogP contribution is 2.29. The number of piperidine rings is 1. The number of hydrogen-bond donors (Lipinski definition) is 3. The van der Waals surface area contributed by atoms with Crippen LogP contribution >= 0.6 is 0 Å². The van der Waals surface area contributed by atoms with Crippen LogP contribution < -0.4 is 10.6 Å². The molecule has 1 saturated carbocycles. The molecule has 0 radical (unpaired) electrons. The second-order valence-corrected chi connectivity index (χ2v) is 10.8. The van der Waals surface area contributed by atoms with Gasteiger partial charge < -0.3 is 30.0 Å². The van der Waals surface area contributed by atoms with Crippen LogP contribution in [0.2, 0.25) is 0 Å². The first kappa shape index (κ1) is 27.4. The maximum atomic E-state index is 12.5. The van der Waals surface area contributed by atoms with Gasteiger partial charge in [-0.25, -0.2) is 9.59 Å². The maximum absolute atomic E-state index is 12.5. The molecule has 1 aliphatic heterocycles. The topological polar surface area (TPSA) is 126 Å². The summed E-state index contributed by atoms with van der Waals surface area (Å²) in [5.74, 6) is -0.569. The van der Waals surface area contributed by atoms with Crippen LogP contribution in [0.25, 0.3) is 0 Å². The molecule has 0 aromatic rings. The average molecular weight is 496 g/mol. The summed E-state index contributed by atoms with van der Waals surface area (Å²) in [4.78, 5) is 38.7. The zero-order valence-corrected chi connectivity index (χ0v) is 21.4. The Kier molecular flexibility index (Phi) is 9.54. The van der Waals surface area contributed by atoms with Crippen LogP contribution in [0.3, 0.4) is 0 Å². The third kappa shape index (κ3) is 9.09. The predicted octanol–water partition coefficient (Wildman–Crippen LogP) is 2.08. The highest BCUT2D eigenvalue weighted by molar-refractivity contribution is 5.87. The van der Waals surface area contributed by atoms with E-state index in [1.807, 2.05) is 0 Å². The minimum absolute atomic E-state index is 0.00729. The first-order valence-corrected chi connectivity index (χ1v) is 12.7. The molecule has 0 unspecified atom stereocenters. The van der Waals surface area contributed by atoms with Crippen LogP contribution in [0.1, 0.15) is 59.8 Å². The average Bonchev–Trinajstić information content (AvgIpc) is 3.57. The molecule has 0 spiro atoms. The van der Waals surface area contributed by atoms with Crippen molar-refractivity contribution in [3.05, 3.63) is 11.6 Å². The molecule has 2 aliphatic carbocycles. The van der Waals surface area contributed by atoms with Crippen molar-refractivity contribution in [3.8, 4) is 0 Å². The van der Waals surface area contributed by atoms with Crippen molar-refractivity contribution < 1.29 is 33.7 Å². The fourth-order valence-electron chi connectivity index (χ4n) is 4.67. The Morgan fingerprint density at radius 1 is 1.14 bits per heavy atom. The fourth-order valence-corrected chi connectivity index (χ4v) is 4.67. The van der Waals surface area contributed by atoms with E-state index in [4.69, 9.17) is 14.2 Å². The second kappa shape index (κ2) is 12.2. The zero-order valence-electron chi connectivity index (χ0n) is 21.4. The number of rotatable bonds is 10. The number of amides is 2. The summed E-state index contributed by atoms with van der Waals surface area (Å²) >= 11 is 0. The number of ether oxygens (including phenoxy) is 3. The lowest BCUT2D eigenvalue weighted by Crippen LogP contribution is -2.64. The highest BCUT2D eigenvalue weighted by Gasteiger charge is 2.41. The number of hydrogen-bond acceptors (Lipinski definition) is 7. The molecule has 0 bridgehead atoms. The molecular weight excluding hydrogens is 454 g/mol. The van der Waals surface area contributed by atoms with Gasteiger partial charge in [0.1, 0.15) is 5.60 Å². The molecule has 198 valence electrons. The van der Waals surface area contributed by atoms with Crippen LogP contribution in [0.4, 0.5) is 4.79 Å². The van der Waals surface area contributed by atoms with Crippen LogP contribution in [0, 0.1) is 5.92 Å². The Bertz CT molecular complexity index is 790. The van der Waals surface area contributed by atoms with Crippen LogP contribution in [-0.4, -0.2) is 90.7 Å². The number of carboxylic acids is 1. The van der Waals surface area contributed by atoms with E-state index in [-0.39, 0.29) is 24.0 Å². The quantitative estimate of drug-likeness (QED) is 0.393. The molecule has 2 amide bonds. The molecule has 4 atom stereocenters. The van der Waals surface area contributed by atoms with Gasteiger partial charge in [-0.05, 0) is 58.9 Å². The summed E-state index contributed by atoms with van der Waals surface area (Å²) < 4.78 is 17.1. The summed E-state index contributed by atoms with van der Waals surface area (Å²) in [6, 6.07) is -1.55. The second-order valence-electron chi connectivity index (χ2n) is 10.8. The highest BCUT2D eigenvalue weighted by atomic mass is 16.6. The molecule has 10 nitrogen and oxygen atoms in total. The number of nitrogens with zero attached hydrogens (tertiary/aromatic N) is 1. The predicted molar refractivity (Wildman–Crippen MR) is 129 cm³/mol. The summed E-state index contributed by atoms with van der Waals surface area (Å²) in [5, 5.41) is 15.5. The first-order chi connectivity index (χ1) is 16.5. The molecule has 1 heterocycles. The van der Waals surface area contributed by atoms with Crippen molar-refractivity contribution in [2.45, 2.75) is 89.6 Å². The van der Waals surface area contributed by atoms with Gasteiger partial charge in [-0.1, -0.05) is 6.08 Å². The van der Waals surface area contributed by atoms with E-state index in [2.05, 4.69) is 15.5 Å². The van der Waals surface area contributed by atoms with Gasteiger partial charge in [0.2, 0.25) is 5.91 Å². The lowest BCUT2D eigenvalue weighted by molar-refractivity contribution is -0.133. The van der Waals surface area contributed by atoms with E-state index in [9.17, 15) is 19.5 Å². The van der Waals surface area contributed by atoms with Gasteiger partial charge in [-0.2, -0.15) is 0 Å². The van der Waals surface area contributed by atoms with E-state index in [0.717, 1.165) is 31.9 Å². The fraction of sp³-hybridized carbons (Fsp3) is 0.800. The standard InChI is InChI=1S/C25H41N3O7/c1-16(29)26-22-20(27-24(32)35-25(2,3)4)12-18(23(30)31)13-21(22)28-9-5-6-19(14-28)34-11-10-33-15-17-7-8-17/h13,17,19-22H,5-12,14-15H2,1-4H3,(H,26,29)(H,27,32)(H,30,31)/t19-,20-,21+,22+/m0/s1. The van der Waals surface area contributed by atoms with Crippen molar-refractivity contribution in [2.75, 3.05) is 32.9 Å². The van der Waals surface area contributed by atoms with E-state index >= 15 is 0 Å². The molecular formula is C25H41N3O7. The summed E-state index contributed by atoms with van der Waals surface area (Å²) in [5.41, 5.74) is -0.499. The number of alkyl carbamates (subject to hydrolysis) is 1. The molecule has 0 aromatic carbocycles.